The summed E-state index contributed by atoms with van der Waals surface area (Å²) < 4.78 is 29.3. The fraction of sp³-hybridized carbons (Fsp3) is 0.0319. The standard InChI is InChI=1S/C43H25N3O.C24H14BrNO.C19H12O.C6H4BrI.2CH4.2H2/c44-26-27-23-29(25-31(24-27)46-37-13-5-1-9-32(37)33-10-2-6-14-38(33)46)28-17-19-30(20-18-28)45-39-15-7-3-12-36(39)42-40(45)22-21-35-34-11-4-8-16-41(34)47-43(35)42;25-15-9-11-16(12-10-15)26-20-7-3-1-6-19(20)23-21(26)14-13-18-17-5-2-4-8-22(17)27-24(18)23;1-2-6-14-12(5-1)11-13-9-10-16-15-7-3-4-8-17(15)20-19(16)18(13)14;7-5-1-3-6(8)4-2-5;;;;/h1-25H;1-14H;1-10H,11H2;1-4H;2*1H4;2*1H. The maximum absolute atomic E-state index is 10.1. The van der Waals surface area contributed by atoms with E-state index in [2.05, 4.69) is 335 Å². The topological polar surface area (TPSA) is 78.0 Å². The van der Waals surface area contributed by atoms with Gasteiger partial charge in [0.15, 0.2) is 0 Å². The van der Waals surface area contributed by atoms with Gasteiger partial charge in [0, 0.05) is 91.9 Å². The molecule has 1 aliphatic rings. The van der Waals surface area contributed by atoms with Crippen LogP contribution < -0.4 is 0 Å². The number of rotatable bonds is 4. The SMILES string of the molecule is Brc1ccc(-n2c3ccccc3c3c4oc5ccccc5c4ccc32)cc1.Brc1ccc(I)cc1.C.C.N#Cc1cc(-c2ccc(-n3c4ccccc4c4c5oc6ccccc6c5ccc43)cc2)cc(-n2c3ccccc3c3ccccc32)c1.[HH].[HH].c1ccc2c(c1)Cc1ccc3c(oc4ccccc43)c1-2. The Kier molecular flexibility index (Phi) is 17.0. The van der Waals surface area contributed by atoms with E-state index in [1.807, 2.05) is 60.7 Å². The average molecular weight is 1590 g/mol. The summed E-state index contributed by atoms with van der Waals surface area (Å²) in [5.74, 6) is 0. The maximum Gasteiger partial charge on any atom is 0.145 e. The predicted octanol–water partition coefficient (Wildman–Crippen LogP) is 28.7. The number of hydrogen-bond acceptors (Lipinski definition) is 4. The maximum atomic E-state index is 10.1. The second kappa shape index (κ2) is 26.9. The highest BCUT2D eigenvalue weighted by molar-refractivity contribution is 14.1. The molecule has 0 bridgehead atoms. The van der Waals surface area contributed by atoms with Crippen LogP contribution in [0.1, 0.15) is 34.4 Å². The second-order valence-corrected chi connectivity index (χ2v) is 28.8. The van der Waals surface area contributed by atoms with E-state index in [4.69, 9.17) is 13.3 Å². The van der Waals surface area contributed by atoms with Gasteiger partial charge in [0.1, 0.15) is 33.5 Å². The molecule has 104 heavy (non-hydrogen) atoms. The molecule has 22 rings (SSSR count). The van der Waals surface area contributed by atoms with Crippen LogP contribution in [0.4, 0.5) is 0 Å². The third-order valence-corrected chi connectivity index (χ3v) is 21.7. The molecule has 0 atom stereocenters. The number of halogens is 3. The molecule has 0 unspecified atom stereocenters. The molecule has 0 radical (unpaired) electrons. The molecule has 0 saturated heterocycles. The molecule has 502 valence electrons. The third kappa shape index (κ3) is 11.0. The highest BCUT2D eigenvalue weighted by atomic mass is 127. The van der Waals surface area contributed by atoms with Crippen molar-refractivity contribution in [2.45, 2.75) is 21.3 Å². The first-order valence-electron chi connectivity index (χ1n) is 33.8. The summed E-state index contributed by atoms with van der Waals surface area (Å²) in [4.78, 5) is 0. The number of fused-ring (bicyclic) bond motifs is 24. The molecular formula is C94H67Br2IN4O3. The molecule has 0 amide bonds. The van der Waals surface area contributed by atoms with Gasteiger partial charge in [-0.3, -0.25) is 0 Å². The Morgan fingerprint density at radius 3 is 1.22 bits per heavy atom. The van der Waals surface area contributed by atoms with Gasteiger partial charge in [0.2, 0.25) is 0 Å². The van der Waals surface area contributed by atoms with Crippen LogP contribution >= 0.6 is 54.5 Å². The number of nitriles is 1. The Labute approximate surface area is 633 Å². The Morgan fingerprint density at radius 2 is 0.721 bits per heavy atom. The summed E-state index contributed by atoms with van der Waals surface area (Å²) in [6.07, 6.45) is 1.01. The summed E-state index contributed by atoms with van der Waals surface area (Å²) in [6, 6.07) is 114. The third-order valence-electron chi connectivity index (χ3n) is 19.9. The molecule has 10 heteroatoms. The largest absolute Gasteiger partial charge is 0.455 e. The number of furan rings is 3. The lowest BCUT2D eigenvalue weighted by Gasteiger charge is -2.13. The van der Waals surface area contributed by atoms with E-state index < -0.39 is 0 Å². The zero-order valence-corrected chi connectivity index (χ0v) is 59.8. The minimum atomic E-state index is 0. The summed E-state index contributed by atoms with van der Waals surface area (Å²) in [6.45, 7) is 0. The molecule has 6 aromatic heterocycles. The first-order valence-corrected chi connectivity index (χ1v) is 36.4. The molecule has 0 aliphatic heterocycles. The van der Waals surface area contributed by atoms with Gasteiger partial charge in [0.25, 0.3) is 0 Å². The molecule has 0 fully saturated rings. The molecule has 0 spiro atoms. The summed E-state index contributed by atoms with van der Waals surface area (Å²) in [7, 11) is 0. The Hall–Kier alpha value is -11.7. The second-order valence-electron chi connectivity index (χ2n) is 25.7. The molecule has 1 aliphatic carbocycles. The zero-order valence-electron chi connectivity index (χ0n) is 54.5. The van der Waals surface area contributed by atoms with Crippen LogP contribution in [0.2, 0.25) is 0 Å². The van der Waals surface area contributed by atoms with Crippen molar-refractivity contribution in [1.82, 2.24) is 13.7 Å². The van der Waals surface area contributed by atoms with E-state index in [0.717, 1.165) is 137 Å². The number of aromatic nitrogens is 3. The van der Waals surface area contributed by atoms with E-state index in [9.17, 15) is 5.26 Å². The van der Waals surface area contributed by atoms with Crippen molar-refractivity contribution < 1.29 is 16.1 Å². The molecule has 0 N–H and O–H groups in total. The van der Waals surface area contributed by atoms with Crippen LogP contribution in [-0.4, -0.2) is 13.7 Å². The molecule has 6 heterocycles. The average Bonchev–Trinajstić information content (AvgIpc) is 1.57. The molecule has 15 aromatic carbocycles. The zero-order chi connectivity index (χ0) is 68.1. The minimum Gasteiger partial charge on any atom is -0.455 e. The van der Waals surface area contributed by atoms with Gasteiger partial charge < -0.3 is 27.0 Å². The Morgan fingerprint density at radius 1 is 0.327 bits per heavy atom. The van der Waals surface area contributed by atoms with Crippen molar-refractivity contribution in [3.05, 3.63) is 351 Å². The summed E-state index contributed by atoms with van der Waals surface area (Å²) in [5.41, 5.74) is 23.8. The molecular weight excluding hydrogens is 1520 g/mol. The first kappa shape index (κ1) is 65.6. The molecule has 21 aromatic rings. The summed E-state index contributed by atoms with van der Waals surface area (Å²) in [5, 5.41) is 24.1. The van der Waals surface area contributed by atoms with Crippen LogP contribution in [0.5, 0.6) is 0 Å². The van der Waals surface area contributed by atoms with Crippen molar-refractivity contribution in [1.29, 1.82) is 5.26 Å². The van der Waals surface area contributed by atoms with Gasteiger partial charge in [-0.1, -0.05) is 223 Å². The number of hydrogen-bond donors (Lipinski definition) is 0. The van der Waals surface area contributed by atoms with Crippen molar-refractivity contribution in [3.8, 4) is 45.4 Å². The van der Waals surface area contributed by atoms with Crippen molar-refractivity contribution in [3.63, 3.8) is 0 Å². The van der Waals surface area contributed by atoms with Crippen LogP contribution in [0.25, 0.3) is 171 Å². The van der Waals surface area contributed by atoms with E-state index in [1.54, 1.807) is 0 Å². The number of benzene rings is 15. The smallest absolute Gasteiger partial charge is 0.145 e. The predicted molar refractivity (Wildman–Crippen MR) is 455 cm³/mol. The van der Waals surface area contributed by atoms with Crippen LogP contribution in [0, 0.1) is 14.9 Å². The monoisotopic (exact) mass is 1580 g/mol. The normalized spacial score (nSPS) is 11.6. The fourth-order valence-corrected chi connectivity index (χ4v) is 16.3. The van der Waals surface area contributed by atoms with Crippen molar-refractivity contribution in [2.75, 3.05) is 0 Å². The lowest BCUT2D eigenvalue weighted by atomic mass is 10.0. The van der Waals surface area contributed by atoms with Gasteiger partial charge in [-0.15, -0.1) is 0 Å². The van der Waals surface area contributed by atoms with Gasteiger partial charge in [-0.25, -0.2) is 0 Å². The number of nitrogens with zero attached hydrogens (tertiary/aromatic N) is 4. The lowest BCUT2D eigenvalue weighted by Crippen LogP contribution is -1.96. The molecule has 7 nitrogen and oxygen atoms in total. The van der Waals surface area contributed by atoms with Gasteiger partial charge in [-0.2, -0.15) is 5.26 Å². The van der Waals surface area contributed by atoms with E-state index >= 15 is 0 Å². The highest BCUT2D eigenvalue weighted by Crippen LogP contribution is 2.46. The fourth-order valence-electron chi connectivity index (χ4n) is 15.4. The first-order chi connectivity index (χ1) is 50.3. The quantitative estimate of drug-likeness (QED) is 0.165. The minimum absolute atomic E-state index is 0. The van der Waals surface area contributed by atoms with Crippen LogP contribution in [-0.2, 0) is 6.42 Å². The van der Waals surface area contributed by atoms with E-state index in [-0.39, 0.29) is 17.7 Å². The van der Waals surface area contributed by atoms with Crippen molar-refractivity contribution in [2.24, 2.45) is 0 Å². The Balaban J connectivity index is 0.000000129. The van der Waals surface area contributed by atoms with E-state index in [0.29, 0.717) is 5.56 Å². The lowest BCUT2D eigenvalue weighted by molar-refractivity contribution is 0.670. The Bertz CT molecular complexity index is 6900. The van der Waals surface area contributed by atoms with Gasteiger partial charge in [0.05, 0.1) is 55.5 Å². The van der Waals surface area contributed by atoms with Crippen LogP contribution in [0.15, 0.2) is 344 Å². The highest BCUT2D eigenvalue weighted by Gasteiger charge is 2.25. The number of para-hydroxylation sites is 7. The van der Waals surface area contributed by atoms with Crippen molar-refractivity contribution >= 4 is 186 Å². The molecule has 0 saturated carbocycles. The van der Waals surface area contributed by atoms with Gasteiger partial charge in [-0.05, 0) is 202 Å². The van der Waals surface area contributed by atoms with Gasteiger partial charge >= 0.3 is 0 Å². The van der Waals surface area contributed by atoms with Crippen LogP contribution in [0.3, 0.4) is 0 Å². The summed E-state index contributed by atoms with van der Waals surface area (Å²) >= 11 is 9.15. The van der Waals surface area contributed by atoms with E-state index in [1.165, 1.54) is 63.7 Å².